The van der Waals surface area contributed by atoms with Gasteiger partial charge in [-0.25, -0.2) is 4.79 Å². The van der Waals surface area contributed by atoms with Crippen molar-refractivity contribution >= 4 is 17.8 Å². The molecular weight excluding hydrogens is 244 g/mol. The predicted octanol–water partition coefficient (Wildman–Crippen LogP) is -2.00. The van der Waals surface area contributed by atoms with E-state index >= 15 is 0 Å². The van der Waals surface area contributed by atoms with Gasteiger partial charge in [-0.05, 0) is 6.42 Å². The topological polar surface area (TPSA) is 136 Å². The van der Waals surface area contributed by atoms with Gasteiger partial charge in [-0.1, -0.05) is 0 Å². The predicted molar refractivity (Wildman–Crippen MR) is 58.8 cm³/mol. The van der Waals surface area contributed by atoms with Crippen molar-refractivity contribution < 1.29 is 29.7 Å². The zero-order valence-electron chi connectivity index (χ0n) is 9.63. The molecule has 1 fully saturated rings. The van der Waals surface area contributed by atoms with Crippen LogP contribution in [0.25, 0.3) is 0 Å². The Morgan fingerprint density at radius 1 is 1.28 bits per heavy atom. The highest BCUT2D eigenvalue weighted by atomic mass is 16.4. The summed E-state index contributed by atoms with van der Waals surface area (Å²) in [7, 11) is 0. The lowest BCUT2D eigenvalue weighted by atomic mass is 9.96. The molecule has 0 aromatic carbocycles. The molecule has 0 saturated carbocycles. The van der Waals surface area contributed by atoms with Gasteiger partial charge in [0.25, 0.3) is 0 Å². The van der Waals surface area contributed by atoms with Crippen LogP contribution in [0.5, 0.6) is 0 Å². The van der Waals surface area contributed by atoms with E-state index in [1.807, 2.05) is 0 Å². The standard InChI is InChI=1S/C10H16N2O6/c13-6-1-5(3-11-4-6)9(16)12-7(10(17)18)2-8(14)15/h5-7,11,13H,1-4H2,(H,12,16)(H,14,15)(H,17,18)/t5?,6?,7-/m1/s1. The van der Waals surface area contributed by atoms with Gasteiger partial charge in [0.2, 0.25) is 5.91 Å². The van der Waals surface area contributed by atoms with Crippen molar-refractivity contribution in [1.82, 2.24) is 10.6 Å². The van der Waals surface area contributed by atoms with E-state index in [9.17, 15) is 19.5 Å². The Bertz CT molecular complexity index is 345. The summed E-state index contributed by atoms with van der Waals surface area (Å²) in [6, 6.07) is -1.45. The van der Waals surface area contributed by atoms with E-state index in [0.29, 0.717) is 13.1 Å². The minimum atomic E-state index is -1.45. The molecule has 1 rings (SSSR count). The second kappa shape index (κ2) is 6.31. The molecule has 102 valence electrons. The van der Waals surface area contributed by atoms with Gasteiger partial charge in [0.15, 0.2) is 0 Å². The molecule has 5 N–H and O–H groups in total. The highest BCUT2D eigenvalue weighted by Gasteiger charge is 2.30. The van der Waals surface area contributed by atoms with Crippen LogP contribution in [-0.2, 0) is 14.4 Å². The molecule has 0 spiro atoms. The molecule has 1 amide bonds. The maximum atomic E-state index is 11.7. The largest absolute Gasteiger partial charge is 0.481 e. The number of nitrogens with one attached hydrogen (secondary N) is 2. The number of aliphatic hydroxyl groups excluding tert-OH is 1. The van der Waals surface area contributed by atoms with E-state index in [2.05, 4.69) is 10.6 Å². The number of carbonyl (C=O) groups excluding carboxylic acids is 1. The van der Waals surface area contributed by atoms with Crippen molar-refractivity contribution in [3.63, 3.8) is 0 Å². The summed E-state index contributed by atoms with van der Waals surface area (Å²) in [5, 5.41) is 31.7. The van der Waals surface area contributed by atoms with Gasteiger partial charge in [0.1, 0.15) is 6.04 Å². The van der Waals surface area contributed by atoms with Gasteiger partial charge in [-0.15, -0.1) is 0 Å². The van der Waals surface area contributed by atoms with Crippen LogP contribution in [0.4, 0.5) is 0 Å². The van der Waals surface area contributed by atoms with Crippen molar-refractivity contribution in [1.29, 1.82) is 0 Å². The number of amides is 1. The Morgan fingerprint density at radius 3 is 2.44 bits per heavy atom. The van der Waals surface area contributed by atoms with Crippen molar-refractivity contribution in [3.05, 3.63) is 0 Å². The van der Waals surface area contributed by atoms with Gasteiger partial charge in [0.05, 0.1) is 18.4 Å². The summed E-state index contributed by atoms with van der Waals surface area (Å²) in [5.41, 5.74) is 0. The molecule has 3 atom stereocenters. The fraction of sp³-hybridized carbons (Fsp3) is 0.700. The maximum Gasteiger partial charge on any atom is 0.326 e. The number of rotatable bonds is 5. The van der Waals surface area contributed by atoms with Crippen LogP contribution in [0.15, 0.2) is 0 Å². The quantitative estimate of drug-likeness (QED) is 0.385. The van der Waals surface area contributed by atoms with Gasteiger partial charge in [0, 0.05) is 13.1 Å². The van der Waals surface area contributed by atoms with E-state index in [0.717, 1.165) is 0 Å². The maximum absolute atomic E-state index is 11.7. The highest BCUT2D eigenvalue weighted by Crippen LogP contribution is 2.11. The molecule has 1 aliphatic rings. The van der Waals surface area contributed by atoms with Crippen molar-refractivity contribution in [2.45, 2.75) is 25.0 Å². The van der Waals surface area contributed by atoms with Crippen LogP contribution in [0.2, 0.25) is 0 Å². The molecule has 18 heavy (non-hydrogen) atoms. The Kier molecular flexibility index (Phi) is 5.05. The number of hydrogen-bond acceptors (Lipinski definition) is 5. The van der Waals surface area contributed by atoms with Gasteiger partial charge in [-0.2, -0.15) is 0 Å². The molecule has 1 heterocycles. The fourth-order valence-corrected chi connectivity index (χ4v) is 1.78. The Hall–Kier alpha value is -1.67. The van der Waals surface area contributed by atoms with Crippen LogP contribution in [-0.4, -0.2) is 58.4 Å². The molecule has 8 nitrogen and oxygen atoms in total. The Morgan fingerprint density at radius 2 is 1.94 bits per heavy atom. The lowest BCUT2D eigenvalue weighted by Crippen LogP contribution is -2.50. The van der Waals surface area contributed by atoms with Gasteiger partial charge in [-0.3, -0.25) is 9.59 Å². The number of carboxylic acids is 2. The molecule has 1 aliphatic heterocycles. The first-order valence-corrected chi connectivity index (χ1v) is 5.54. The van der Waals surface area contributed by atoms with Crippen LogP contribution in [0, 0.1) is 5.92 Å². The molecule has 0 radical (unpaired) electrons. The summed E-state index contributed by atoms with van der Waals surface area (Å²) in [5.74, 6) is -3.81. The van der Waals surface area contributed by atoms with E-state index in [1.165, 1.54) is 0 Å². The van der Waals surface area contributed by atoms with E-state index < -0.39 is 42.3 Å². The van der Waals surface area contributed by atoms with Crippen molar-refractivity contribution in [2.24, 2.45) is 5.92 Å². The zero-order chi connectivity index (χ0) is 13.7. The molecule has 2 unspecified atom stereocenters. The number of carbonyl (C=O) groups is 3. The second-order valence-corrected chi connectivity index (χ2v) is 4.24. The number of aliphatic hydroxyl groups is 1. The SMILES string of the molecule is O=C(O)C[C@@H](NC(=O)C1CNCC(O)C1)C(=O)O. The average Bonchev–Trinajstić information content (AvgIpc) is 2.27. The molecular formula is C10H16N2O6. The third kappa shape index (κ3) is 4.30. The number of aliphatic carboxylic acids is 2. The minimum Gasteiger partial charge on any atom is -0.481 e. The lowest BCUT2D eigenvalue weighted by Gasteiger charge is -2.26. The third-order valence-electron chi connectivity index (χ3n) is 2.69. The molecule has 0 aromatic heterocycles. The molecule has 8 heteroatoms. The Balaban J connectivity index is 2.54. The third-order valence-corrected chi connectivity index (χ3v) is 2.69. The normalized spacial score (nSPS) is 25.2. The summed E-state index contributed by atoms with van der Waals surface area (Å²) in [6.07, 6.45) is -1.10. The molecule has 0 bridgehead atoms. The van der Waals surface area contributed by atoms with Gasteiger partial charge < -0.3 is 26.0 Å². The number of β-amino-alcohol motifs (C(OH)–C–C–N with tert-alkyl or cyclic N) is 1. The first kappa shape index (κ1) is 14.4. The second-order valence-electron chi connectivity index (χ2n) is 4.24. The summed E-state index contributed by atoms with van der Waals surface area (Å²) >= 11 is 0. The van der Waals surface area contributed by atoms with E-state index in [1.54, 1.807) is 0 Å². The lowest BCUT2D eigenvalue weighted by molar-refractivity contribution is -0.147. The first-order chi connectivity index (χ1) is 8.40. The smallest absolute Gasteiger partial charge is 0.326 e. The van der Waals surface area contributed by atoms with Crippen LogP contribution >= 0.6 is 0 Å². The van der Waals surface area contributed by atoms with Crippen LogP contribution in [0.1, 0.15) is 12.8 Å². The molecule has 1 saturated heterocycles. The summed E-state index contributed by atoms with van der Waals surface area (Å²) in [6.45, 7) is 0.726. The number of piperidine rings is 1. The fourth-order valence-electron chi connectivity index (χ4n) is 1.78. The highest BCUT2D eigenvalue weighted by molar-refractivity contribution is 5.87. The van der Waals surface area contributed by atoms with Crippen molar-refractivity contribution in [3.8, 4) is 0 Å². The average molecular weight is 260 g/mol. The van der Waals surface area contributed by atoms with Gasteiger partial charge >= 0.3 is 11.9 Å². The molecule has 0 aromatic rings. The van der Waals surface area contributed by atoms with Crippen LogP contribution < -0.4 is 10.6 Å². The monoisotopic (exact) mass is 260 g/mol. The van der Waals surface area contributed by atoms with E-state index in [-0.39, 0.29) is 6.42 Å². The Labute approximate surface area is 103 Å². The van der Waals surface area contributed by atoms with E-state index in [4.69, 9.17) is 10.2 Å². The van der Waals surface area contributed by atoms with Crippen LogP contribution in [0.3, 0.4) is 0 Å². The number of hydrogen-bond donors (Lipinski definition) is 5. The number of carboxylic acid groups (broad SMARTS) is 2. The molecule has 0 aliphatic carbocycles. The summed E-state index contributed by atoms with van der Waals surface area (Å²) < 4.78 is 0. The zero-order valence-corrected chi connectivity index (χ0v) is 9.63. The van der Waals surface area contributed by atoms with Crippen molar-refractivity contribution in [2.75, 3.05) is 13.1 Å². The minimum absolute atomic E-state index is 0.234. The first-order valence-electron chi connectivity index (χ1n) is 5.54. The summed E-state index contributed by atoms with van der Waals surface area (Å²) in [4.78, 5) is 33.0.